The highest BCUT2D eigenvalue weighted by molar-refractivity contribution is 8.22. The first kappa shape index (κ1) is 17.7. The Hall–Kier alpha value is -1.09. The van der Waals surface area contributed by atoms with Crippen molar-refractivity contribution in [3.05, 3.63) is 17.5 Å². The normalized spacial score (nSPS) is 26.3. The fourth-order valence-electron chi connectivity index (χ4n) is 3.32. The van der Waals surface area contributed by atoms with Gasteiger partial charge in [0.05, 0.1) is 5.75 Å². The highest BCUT2D eigenvalue weighted by atomic mass is 32.3. The first-order valence-corrected chi connectivity index (χ1v) is 10.4. The van der Waals surface area contributed by atoms with E-state index in [1.54, 1.807) is 10.4 Å². The molecule has 3 rings (SSSR count). The van der Waals surface area contributed by atoms with Gasteiger partial charge in [0.15, 0.2) is 5.69 Å². The molecule has 0 unspecified atom stereocenters. The molecule has 3 N–H and O–H groups in total. The molecular weight excluding hydrogens is 330 g/mol. The number of piperidine rings is 1. The minimum absolute atomic E-state index is 0.0138. The summed E-state index contributed by atoms with van der Waals surface area (Å²) in [7, 11) is -2.69. The van der Waals surface area contributed by atoms with Crippen LogP contribution in [0.15, 0.2) is 10.6 Å². The monoisotopic (exact) mass is 357 g/mol. The Morgan fingerprint density at radius 3 is 2.83 bits per heavy atom. The maximum Gasteiger partial charge on any atom is 0.273 e. The zero-order chi connectivity index (χ0) is 17.3. The van der Waals surface area contributed by atoms with E-state index >= 15 is 0 Å². The van der Waals surface area contributed by atoms with E-state index in [1.165, 1.54) is 0 Å². The second-order valence-corrected chi connectivity index (χ2v) is 9.05. The Bertz CT molecular complexity index is 588. The van der Waals surface area contributed by atoms with Gasteiger partial charge in [-0.05, 0) is 39.0 Å². The smallest absolute Gasteiger partial charge is 0.273 e. The lowest BCUT2D eigenvalue weighted by Gasteiger charge is -2.49. The molecule has 1 saturated carbocycles. The Morgan fingerprint density at radius 2 is 2.21 bits per heavy atom. The van der Waals surface area contributed by atoms with Crippen molar-refractivity contribution in [1.29, 1.82) is 0 Å². The highest BCUT2D eigenvalue weighted by Crippen LogP contribution is 2.47. The molecule has 1 aliphatic heterocycles. The first-order valence-electron chi connectivity index (χ1n) is 8.71. The van der Waals surface area contributed by atoms with Crippen LogP contribution in [0.1, 0.15) is 68.1 Å². The summed E-state index contributed by atoms with van der Waals surface area (Å²) in [5.41, 5.74) is 0.335. The highest BCUT2D eigenvalue weighted by Gasteiger charge is 2.34. The zero-order valence-electron chi connectivity index (χ0n) is 14.3. The van der Waals surface area contributed by atoms with Gasteiger partial charge in [-0.25, -0.2) is 4.31 Å². The van der Waals surface area contributed by atoms with E-state index in [0.717, 1.165) is 25.0 Å². The van der Waals surface area contributed by atoms with Crippen molar-refractivity contribution in [2.75, 3.05) is 12.3 Å². The van der Waals surface area contributed by atoms with Crippen LogP contribution in [-0.4, -0.2) is 48.9 Å². The van der Waals surface area contributed by atoms with Gasteiger partial charge in [-0.3, -0.25) is 13.9 Å². The fourth-order valence-corrected chi connectivity index (χ4v) is 5.17. The Balaban J connectivity index is 1.54. The van der Waals surface area contributed by atoms with Crippen molar-refractivity contribution in [2.24, 2.45) is 0 Å². The Kier molecular flexibility index (Phi) is 5.19. The molecule has 136 valence electrons. The summed E-state index contributed by atoms with van der Waals surface area (Å²) in [5.74, 6) is 1.43. The molecule has 24 heavy (non-hydrogen) atoms. The third kappa shape index (κ3) is 3.93. The average Bonchev–Trinajstić information content (AvgIpc) is 3.24. The molecule has 1 amide bonds. The summed E-state index contributed by atoms with van der Waals surface area (Å²) in [4.78, 5) is 12.3. The largest absolute Gasteiger partial charge is 0.360 e. The van der Waals surface area contributed by atoms with E-state index in [-0.39, 0.29) is 18.0 Å². The number of amides is 1. The van der Waals surface area contributed by atoms with Gasteiger partial charge < -0.3 is 9.84 Å². The number of hydrogen-bond acceptors (Lipinski definition) is 6. The van der Waals surface area contributed by atoms with Crippen molar-refractivity contribution in [1.82, 2.24) is 14.8 Å². The van der Waals surface area contributed by atoms with Crippen molar-refractivity contribution < 1.29 is 18.4 Å². The van der Waals surface area contributed by atoms with Crippen molar-refractivity contribution in [3.63, 3.8) is 0 Å². The molecule has 2 heterocycles. The number of hydrogen-bond donors (Lipinski definition) is 3. The Morgan fingerprint density at radius 1 is 1.46 bits per heavy atom. The standard InChI is InChI=1S/C16H27N3O4S/c1-3-8-24(21,22)19-7-6-13(9-11(19)2)17-16(20)14-10-15(23-18-14)12-4-5-12/h10-13,21-22H,3-9H2,1-2H3,(H,17,20)/t11-,13+/m0/s1. The van der Waals surface area contributed by atoms with Crippen LogP contribution < -0.4 is 5.32 Å². The van der Waals surface area contributed by atoms with E-state index in [1.807, 2.05) is 13.8 Å². The predicted molar refractivity (Wildman–Crippen MR) is 93.1 cm³/mol. The van der Waals surface area contributed by atoms with Crippen LogP contribution in [0.5, 0.6) is 0 Å². The molecule has 7 nitrogen and oxygen atoms in total. The van der Waals surface area contributed by atoms with Gasteiger partial charge in [0, 0.05) is 30.6 Å². The van der Waals surface area contributed by atoms with Crippen molar-refractivity contribution in [2.45, 2.75) is 64.0 Å². The van der Waals surface area contributed by atoms with Gasteiger partial charge in [-0.1, -0.05) is 12.1 Å². The topological polar surface area (TPSA) is 98.8 Å². The van der Waals surface area contributed by atoms with E-state index in [9.17, 15) is 13.9 Å². The van der Waals surface area contributed by atoms with E-state index in [2.05, 4.69) is 10.5 Å². The Labute approximate surface area is 144 Å². The van der Waals surface area contributed by atoms with E-state index in [0.29, 0.717) is 36.8 Å². The lowest BCUT2D eigenvalue weighted by atomic mass is 10.0. The lowest BCUT2D eigenvalue weighted by molar-refractivity contribution is 0.0903. The molecule has 2 atom stereocenters. The zero-order valence-corrected chi connectivity index (χ0v) is 15.1. The minimum atomic E-state index is -2.69. The molecule has 8 heteroatoms. The fraction of sp³-hybridized carbons (Fsp3) is 0.750. The van der Waals surface area contributed by atoms with E-state index in [4.69, 9.17) is 4.52 Å². The van der Waals surface area contributed by atoms with Crippen LogP contribution >= 0.6 is 10.8 Å². The summed E-state index contributed by atoms with van der Waals surface area (Å²) in [5, 5.41) is 6.87. The summed E-state index contributed by atoms with van der Waals surface area (Å²) >= 11 is 0. The first-order chi connectivity index (χ1) is 11.4. The van der Waals surface area contributed by atoms with Gasteiger partial charge >= 0.3 is 0 Å². The van der Waals surface area contributed by atoms with Crippen LogP contribution in [0.4, 0.5) is 0 Å². The molecule has 2 fully saturated rings. The maximum absolute atomic E-state index is 12.3. The minimum Gasteiger partial charge on any atom is -0.360 e. The molecule has 1 aromatic rings. The SMILES string of the molecule is CCCS(O)(O)N1CC[C@@H](NC(=O)c2cc(C3CC3)on2)C[C@@H]1C. The number of nitrogens with zero attached hydrogens (tertiary/aromatic N) is 2. The number of nitrogens with one attached hydrogen (secondary N) is 1. The van der Waals surface area contributed by atoms with Crippen LogP contribution in [-0.2, 0) is 0 Å². The number of carbonyl (C=O) groups excluding carboxylic acids is 1. The van der Waals surface area contributed by atoms with Gasteiger partial charge in [-0.2, -0.15) is 0 Å². The van der Waals surface area contributed by atoms with Gasteiger partial charge in [0.25, 0.3) is 5.91 Å². The van der Waals surface area contributed by atoms with Crippen molar-refractivity contribution in [3.8, 4) is 0 Å². The lowest BCUT2D eigenvalue weighted by Crippen LogP contribution is -2.49. The second-order valence-electron chi connectivity index (χ2n) is 6.91. The van der Waals surface area contributed by atoms with Gasteiger partial charge in [0.2, 0.25) is 0 Å². The van der Waals surface area contributed by atoms with Crippen LogP contribution in [0.2, 0.25) is 0 Å². The number of rotatable bonds is 6. The molecular formula is C16H27N3O4S. The molecule has 1 saturated heterocycles. The molecule has 2 aliphatic rings. The third-order valence-corrected chi connectivity index (χ3v) is 6.99. The quantitative estimate of drug-likeness (QED) is 0.723. The molecule has 1 aromatic heterocycles. The van der Waals surface area contributed by atoms with Crippen LogP contribution in [0.25, 0.3) is 0 Å². The molecule has 1 aliphatic carbocycles. The second kappa shape index (κ2) is 7.03. The van der Waals surface area contributed by atoms with Gasteiger partial charge in [0.1, 0.15) is 5.76 Å². The summed E-state index contributed by atoms with van der Waals surface area (Å²) in [6.07, 6.45) is 4.34. The summed E-state index contributed by atoms with van der Waals surface area (Å²) in [6, 6.07) is 1.77. The molecule has 0 radical (unpaired) electrons. The molecule has 0 bridgehead atoms. The number of aromatic nitrogens is 1. The molecule has 0 spiro atoms. The average molecular weight is 357 g/mol. The van der Waals surface area contributed by atoms with E-state index < -0.39 is 10.8 Å². The predicted octanol–water partition coefficient (Wildman–Crippen LogP) is 3.21. The number of carbonyl (C=O) groups is 1. The van der Waals surface area contributed by atoms with Gasteiger partial charge in [-0.15, -0.1) is 10.8 Å². The maximum atomic E-state index is 12.3. The summed E-state index contributed by atoms with van der Waals surface area (Å²) < 4.78 is 27.6. The van der Waals surface area contributed by atoms with Crippen LogP contribution in [0.3, 0.4) is 0 Å². The van der Waals surface area contributed by atoms with Crippen LogP contribution in [0, 0.1) is 0 Å². The molecule has 0 aromatic carbocycles. The summed E-state index contributed by atoms with van der Waals surface area (Å²) in [6.45, 7) is 4.49. The third-order valence-electron chi connectivity index (χ3n) is 4.74. The van der Waals surface area contributed by atoms with Crippen molar-refractivity contribution >= 4 is 16.7 Å².